The minimum absolute atomic E-state index is 0.180. The third-order valence-corrected chi connectivity index (χ3v) is 4.17. The molecule has 126 valence electrons. The lowest BCUT2D eigenvalue weighted by Gasteiger charge is -2.04. The van der Waals surface area contributed by atoms with E-state index in [4.69, 9.17) is 0 Å². The van der Waals surface area contributed by atoms with Crippen LogP contribution in [0.5, 0.6) is 0 Å². The van der Waals surface area contributed by atoms with Gasteiger partial charge in [-0.05, 0) is 12.1 Å². The summed E-state index contributed by atoms with van der Waals surface area (Å²) in [4.78, 5) is 28.0. The van der Waals surface area contributed by atoms with Crippen molar-refractivity contribution >= 4 is 33.3 Å². The Balaban J connectivity index is 1.79. The summed E-state index contributed by atoms with van der Waals surface area (Å²) in [5.41, 5.74) is 7.48. The predicted molar refractivity (Wildman–Crippen MR) is 99.4 cm³/mol. The summed E-state index contributed by atoms with van der Waals surface area (Å²) in [6.45, 7) is 1.44. The number of hydrogen-bond acceptors (Lipinski definition) is 5. The Hall–Kier alpha value is -3.19. The second-order valence-corrected chi connectivity index (χ2v) is 6.19. The first-order chi connectivity index (χ1) is 12.1. The molecule has 25 heavy (non-hydrogen) atoms. The van der Waals surface area contributed by atoms with Gasteiger partial charge in [0.05, 0.1) is 0 Å². The van der Waals surface area contributed by atoms with Gasteiger partial charge in [-0.3, -0.25) is 20.4 Å². The summed E-state index contributed by atoms with van der Waals surface area (Å²) in [5, 5.41) is 3.88. The van der Waals surface area contributed by atoms with Gasteiger partial charge in [0.15, 0.2) is 0 Å². The van der Waals surface area contributed by atoms with Crippen LogP contribution in [-0.2, 0) is 4.79 Å². The molecule has 3 aromatic rings. The Morgan fingerprint density at radius 1 is 0.960 bits per heavy atom. The molecular weight excluding hydrogens is 336 g/mol. The molecular formula is C18H16N4O2S. The molecule has 0 aliphatic carbocycles. The number of anilines is 2. The molecule has 2 aromatic carbocycles. The lowest BCUT2D eigenvalue weighted by Crippen LogP contribution is -2.29. The Morgan fingerprint density at radius 3 is 2.24 bits per heavy atom. The van der Waals surface area contributed by atoms with Crippen LogP contribution >= 0.6 is 11.3 Å². The normalized spacial score (nSPS) is 10.1. The van der Waals surface area contributed by atoms with E-state index < -0.39 is 0 Å². The zero-order valence-electron chi connectivity index (χ0n) is 13.4. The SMILES string of the molecule is CC(=O)Nc1sc(NNC(=O)c2ccccc2)nc1-c1ccccc1. The molecule has 0 bridgehead atoms. The minimum atomic E-state index is -0.266. The summed E-state index contributed by atoms with van der Waals surface area (Å²) in [6.07, 6.45) is 0. The Bertz CT molecular complexity index is 879. The van der Waals surface area contributed by atoms with Crippen LogP contribution in [0.2, 0.25) is 0 Å². The van der Waals surface area contributed by atoms with Gasteiger partial charge in [0, 0.05) is 18.1 Å². The molecule has 6 nitrogen and oxygen atoms in total. The standard InChI is InChI=1S/C18H16N4O2S/c1-12(23)19-17-15(13-8-4-2-5-9-13)20-18(25-17)22-21-16(24)14-10-6-3-7-11-14/h2-11H,1H3,(H,19,23)(H,20,22)(H,21,24). The van der Waals surface area contributed by atoms with Crippen molar-refractivity contribution < 1.29 is 9.59 Å². The first kappa shape index (κ1) is 16.7. The van der Waals surface area contributed by atoms with Gasteiger partial charge in [-0.1, -0.05) is 59.9 Å². The van der Waals surface area contributed by atoms with Crippen molar-refractivity contribution in [3.05, 3.63) is 66.2 Å². The summed E-state index contributed by atoms with van der Waals surface area (Å²) in [6, 6.07) is 18.4. The summed E-state index contributed by atoms with van der Waals surface area (Å²) in [5.74, 6) is -0.446. The van der Waals surface area contributed by atoms with Gasteiger partial charge in [0.25, 0.3) is 5.91 Å². The number of benzene rings is 2. The van der Waals surface area contributed by atoms with Crippen molar-refractivity contribution in [2.24, 2.45) is 0 Å². The maximum atomic E-state index is 12.1. The van der Waals surface area contributed by atoms with E-state index in [1.54, 1.807) is 24.3 Å². The van der Waals surface area contributed by atoms with E-state index in [1.807, 2.05) is 36.4 Å². The van der Waals surface area contributed by atoms with Crippen LogP contribution < -0.4 is 16.2 Å². The zero-order valence-corrected chi connectivity index (χ0v) is 14.3. The van der Waals surface area contributed by atoms with Crippen molar-refractivity contribution in [2.75, 3.05) is 10.7 Å². The van der Waals surface area contributed by atoms with Crippen molar-refractivity contribution in [2.45, 2.75) is 6.92 Å². The van der Waals surface area contributed by atoms with E-state index in [0.29, 0.717) is 21.4 Å². The largest absolute Gasteiger partial charge is 0.316 e. The van der Waals surface area contributed by atoms with Crippen LogP contribution in [-0.4, -0.2) is 16.8 Å². The number of carbonyl (C=O) groups excluding carboxylic acids is 2. The topological polar surface area (TPSA) is 83.1 Å². The lowest BCUT2D eigenvalue weighted by molar-refractivity contribution is -0.114. The van der Waals surface area contributed by atoms with Crippen molar-refractivity contribution in [1.82, 2.24) is 10.4 Å². The number of carbonyl (C=O) groups is 2. The third kappa shape index (κ3) is 4.21. The molecule has 0 saturated carbocycles. The van der Waals surface area contributed by atoms with E-state index >= 15 is 0 Å². The van der Waals surface area contributed by atoms with E-state index in [9.17, 15) is 9.59 Å². The molecule has 0 unspecified atom stereocenters. The van der Waals surface area contributed by atoms with Gasteiger partial charge >= 0.3 is 0 Å². The first-order valence-corrected chi connectivity index (χ1v) is 8.40. The van der Waals surface area contributed by atoms with Crippen LogP contribution in [0.1, 0.15) is 17.3 Å². The monoisotopic (exact) mass is 352 g/mol. The fourth-order valence-electron chi connectivity index (χ4n) is 2.18. The van der Waals surface area contributed by atoms with Gasteiger partial charge in [-0.2, -0.15) is 0 Å². The number of aromatic nitrogens is 1. The minimum Gasteiger partial charge on any atom is -0.316 e. The smallest absolute Gasteiger partial charge is 0.269 e. The van der Waals surface area contributed by atoms with Crippen LogP contribution in [0.3, 0.4) is 0 Å². The third-order valence-electron chi connectivity index (χ3n) is 3.28. The number of rotatable bonds is 5. The lowest BCUT2D eigenvalue weighted by atomic mass is 10.2. The van der Waals surface area contributed by atoms with Crippen LogP contribution in [0, 0.1) is 0 Å². The molecule has 7 heteroatoms. The van der Waals surface area contributed by atoms with Crippen LogP contribution in [0.25, 0.3) is 11.3 Å². The highest BCUT2D eigenvalue weighted by Gasteiger charge is 2.15. The number of hydrogen-bond donors (Lipinski definition) is 3. The zero-order chi connectivity index (χ0) is 17.6. The van der Waals surface area contributed by atoms with E-state index in [1.165, 1.54) is 18.3 Å². The van der Waals surface area contributed by atoms with Gasteiger partial charge < -0.3 is 5.32 Å². The van der Waals surface area contributed by atoms with Gasteiger partial charge in [0.1, 0.15) is 10.7 Å². The summed E-state index contributed by atoms with van der Waals surface area (Å²) >= 11 is 1.25. The number of hydrazine groups is 1. The molecule has 2 amide bonds. The molecule has 0 radical (unpaired) electrons. The fraction of sp³-hybridized carbons (Fsp3) is 0.0556. The number of nitrogens with one attached hydrogen (secondary N) is 3. The molecule has 0 atom stereocenters. The predicted octanol–water partition coefficient (Wildman–Crippen LogP) is 3.53. The highest BCUT2D eigenvalue weighted by Crippen LogP contribution is 2.35. The fourth-order valence-corrected chi connectivity index (χ4v) is 3.07. The quantitative estimate of drug-likeness (QED) is 0.614. The molecule has 0 aliphatic rings. The van der Waals surface area contributed by atoms with Crippen LogP contribution in [0.15, 0.2) is 60.7 Å². The van der Waals surface area contributed by atoms with E-state index in [2.05, 4.69) is 21.2 Å². The second-order valence-electron chi connectivity index (χ2n) is 5.19. The highest BCUT2D eigenvalue weighted by molar-refractivity contribution is 7.20. The molecule has 3 N–H and O–H groups in total. The molecule has 3 rings (SSSR count). The highest BCUT2D eigenvalue weighted by atomic mass is 32.1. The maximum absolute atomic E-state index is 12.1. The molecule has 0 aliphatic heterocycles. The first-order valence-electron chi connectivity index (χ1n) is 7.59. The molecule has 0 spiro atoms. The summed E-state index contributed by atoms with van der Waals surface area (Å²) in [7, 11) is 0. The van der Waals surface area contributed by atoms with Crippen molar-refractivity contribution in [1.29, 1.82) is 0 Å². The molecule has 1 heterocycles. The number of nitrogens with zero attached hydrogens (tertiary/aromatic N) is 1. The van der Waals surface area contributed by atoms with Crippen molar-refractivity contribution in [3.8, 4) is 11.3 Å². The Labute approximate surface area is 148 Å². The number of thiazole rings is 1. The average Bonchev–Trinajstić information content (AvgIpc) is 3.03. The van der Waals surface area contributed by atoms with Gasteiger partial charge in [0.2, 0.25) is 11.0 Å². The Morgan fingerprint density at radius 2 is 1.60 bits per heavy atom. The maximum Gasteiger partial charge on any atom is 0.269 e. The van der Waals surface area contributed by atoms with Crippen molar-refractivity contribution in [3.63, 3.8) is 0 Å². The molecule has 0 saturated heterocycles. The summed E-state index contributed by atoms with van der Waals surface area (Å²) < 4.78 is 0. The van der Waals surface area contributed by atoms with Crippen LogP contribution in [0.4, 0.5) is 10.1 Å². The molecule has 1 aromatic heterocycles. The second kappa shape index (κ2) is 7.59. The van der Waals surface area contributed by atoms with E-state index in [-0.39, 0.29) is 11.8 Å². The Kier molecular flexibility index (Phi) is 5.06. The van der Waals surface area contributed by atoms with Gasteiger partial charge in [-0.25, -0.2) is 4.98 Å². The molecule has 0 fully saturated rings. The average molecular weight is 352 g/mol. The van der Waals surface area contributed by atoms with E-state index in [0.717, 1.165) is 5.56 Å². The van der Waals surface area contributed by atoms with Gasteiger partial charge in [-0.15, -0.1) is 0 Å². The number of amides is 2.